The second kappa shape index (κ2) is 7.27. The van der Waals surface area contributed by atoms with Crippen molar-refractivity contribution in [3.8, 4) is 5.75 Å². The van der Waals surface area contributed by atoms with E-state index in [4.69, 9.17) is 16.3 Å². The number of nitrogens with one attached hydrogen (secondary N) is 1. The molecule has 2 rings (SSSR count). The minimum absolute atomic E-state index is 0.0512. The molecule has 1 N–H and O–H groups in total. The predicted molar refractivity (Wildman–Crippen MR) is 93.2 cm³/mol. The molecule has 0 radical (unpaired) electrons. The predicted octanol–water partition coefficient (Wildman–Crippen LogP) is 5.63. The van der Waals surface area contributed by atoms with E-state index in [2.05, 4.69) is 50.2 Å². The minimum Gasteiger partial charge on any atom is -0.497 e. The molecule has 0 aliphatic rings. The normalized spacial score (nSPS) is 12.4. The highest BCUT2D eigenvalue weighted by molar-refractivity contribution is 9.12. The number of hydrogen-bond donors (Lipinski definition) is 1. The standard InChI is InChI=1S/C14H14Br2ClNOS/c1-3-18-13(10-7-12(15)20-14(10)16)9-5-4-8(19-2)6-11(9)17/h4-7,13,18H,3H2,1-2H3. The summed E-state index contributed by atoms with van der Waals surface area (Å²) in [5.41, 5.74) is 2.22. The van der Waals surface area contributed by atoms with Crippen molar-refractivity contribution >= 4 is 54.8 Å². The molecule has 1 aromatic heterocycles. The third-order valence-corrected chi connectivity index (χ3v) is 5.63. The molecule has 1 heterocycles. The van der Waals surface area contributed by atoms with Crippen LogP contribution in [-0.2, 0) is 0 Å². The maximum absolute atomic E-state index is 6.40. The third kappa shape index (κ3) is 3.57. The SMILES string of the molecule is CCNC(c1ccc(OC)cc1Cl)c1cc(Br)sc1Br. The Bertz CT molecular complexity index is 603. The first kappa shape index (κ1) is 16.3. The second-order valence-electron chi connectivity index (χ2n) is 4.16. The molecule has 1 unspecified atom stereocenters. The van der Waals surface area contributed by atoms with E-state index in [9.17, 15) is 0 Å². The Balaban J connectivity index is 2.45. The number of hydrogen-bond acceptors (Lipinski definition) is 3. The molecule has 0 saturated heterocycles. The highest BCUT2D eigenvalue weighted by Gasteiger charge is 2.21. The van der Waals surface area contributed by atoms with Gasteiger partial charge in [-0.2, -0.15) is 0 Å². The number of ether oxygens (including phenoxy) is 1. The Labute approximate surface area is 144 Å². The molecule has 0 aliphatic heterocycles. The summed E-state index contributed by atoms with van der Waals surface area (Å²) in [5, 5.41) is 4.18. The zero-order chi connectivity index (χ0) is 14.7. The Kier molecular flexibility index (Phi) is 5.93. The molecule has 2 aromatic rings. The van der Waals surface area contributed by atoms with Gasteiger partial charge in [-0.15, -0.1) is 11.3 Å². The number of methoxy groups -OCH3 is 1. The van der Waals surface area contributed by atoms with E-state index in [1.165, 1.54) is 5.56 Å². The highest BCUT2D eigenvalue weighted by Crippen LogP contribution is 2.40. The van der Waals surface area contributed by atoms with Crippen molar-refractivity contribution in [3.05, 3.63) is 48.0 Å². The van der Waals surface area contributed by atoms with E-state index in [1.807, 2.05) is 18.2 Å². The van der Waals surface area contributed by atoms with Crippen molar-refractivity contribution < 1.29 is 4.74 Å². The summed E-state index contributed by atoms with van der Waals surface area (Å²) in [4.78, 5) is 0. The summed E-state index contributed by atoms with van der Waals surface area (Å²) in [6.07, 6.45) is 0. The van der Waals surface area contributed by atoms with Crippen LogP contribution >= 0.6 is 54.8 Å². The lowest BCUT2D eigenvalue weighted by molar-refractivity contribution is 0.414. The Hall–Kier alpha value is -0.0700. The van der Waals surface area contributed by atoms with Crippen LogP contribution in [-0.4, -0.2) is 13.7 Å². The van der Waals surface area contributed by atoms with Crippen molar-refractivity contribution in [2.75, 3.05) is 13.7 Å². The molecule has 2 nitrogen and oxygen atoms in total. The number of rotatable bonds is 5. The molecule has 0 amide bonds. The first-order chi connectivity index (χ1) is 9.56. The van der Waals surface area contributed by atoms with Crippen molar-refractivity contribution in [1.82, 2.24) is 5.32 Å². The summed E-state index contributed by atoms with van der Waals surface area (Å²) in [6, 6.07) is 7.95. The van der Waals surface area contributed by atoms with Gasteiger partial charge in [-0.25, -0.2) is 0 Å². The van der Waals surface area contributed by atoms with Gasteiger partial charge in [-0.1, -0.05) is 24.6 Å². The fraction of sp³-hybridized carbons (Fsp3) is 0.286. The Morgan fingerprint density at radius 1 is 1.30 bits per heavy atom. The maximum atomic E-state index is 6.40. The molecule has 0 saturated carbocycles. The van der Waals surface area contributed by atoms with Gasteiger partial charge < -0.3 is 10.1 Å². The summed E-state index contributed by atoms with van der Waals surface area (Å²) in [6.45, 7) is 2.94. The molecule has 1 aromatic carbocycles. The molecule has 20 heavy (non-hydrogen) atoms. The molecular formula is C14H14Br2ClNOS. The lowest BCUT2D eigenvalue weighted by atomic mass is 10.0. The fourth-order valence-electron chi connectivity index (χ4n) is 2.01. The third-order valence-electron chi connectivity index (χ3n) is 2.92. The van der Waals surface area contributed by atoms with E-state index in [0.29, 0.717) is 5.02 Å². The average molecular weight is 440 g/mol. The Morgan fingerprint density at radius 2 is 2.05 bits per heavy atom. The van der Waals surface area contributed by atoms with E-state index in [-0.39, 0.29) is 6.04 Å². The van der Waals surface area contributed by atoms with Crippen LogP contribution in [0.15, 0.2) is 31.8 Å². The largest absolute Gasteiger partial charge is 0.497 e. The maximum Gasteiger partial charge on any atom is 0.120 e. The molecule has 0 fully saturated rings. The van der Waals surface area contributed by atoms with Gasteiger partial charge in [0, 0.05) is 5.02 Å². The van der Waals surface area contributed by atoms with Crippen LogP contribution in [0.25, 0.3) is 0 Å². The monoisotopic (exact) mass is 437 g/mol. The van der Waals surface area contributed by atoms with E-state index in [0.717, 1.165) is 25.4 Å². The van der Waals surface area contributed by atoms with E-state index >= 15 is 0 Å². The summed E-state index contributed by atoms with van der Waals surface area (Å²) in [5.74, 6) is 0.763. The van der Waals surface area contributed by atoms with Crippen molar-refractivity contribution in [1.29, 1.82) is 0 Å². The molecule has 0 spiro atoms. The van der Waals surface area contributed by atoms with Crippen molar-refractivity contribution in [2.24, 2.45) is 0 Å². The van der Waals surface area contributed by atoms with Crippen LogP contribution in [0.1, 0.15) is 24.1 Å². The number of halogens is 3. The van der Waals surface area contributed by atoms with E-state index in [1.54, 1.807) is 18.4 Å². The second-order valence-corrected chi connectivity index (χ2v) is 8.31. The van der Waals surface area contributed by atoms with Crippen LogP contribution in [0.2, 0.25) is 5.02 Å². The molecule has 1 atom stereocenters. The van der Waals surface area contributed by atoms with Crippen LogP contribution < -0.4 is 10.1 Å². The van der Waals surface area contributed by atoms with Gasteiger partial charge in [0.1, 0.15) is 5.75 Å². The van der Waals surface area contributed by atoms with Gasteiger partial charge in [0.05, 0.1) is 20.7 Å². The van der Waals surface area contributed by atoms with Gasteiger partial charge in [-0.3, -0.25) is 0 Å². The minimum atomic E-state index is 0.0512. The Morgan fingerprint density at radius 3 is 2.55 bits per heavy atom. The first-order valence-corrected chi connectivity index (χ1v) is 8.86. The molecule has 0 aliphatic carbocycles. The highest BCUT2D eigenvalue weighted by atomic mass is 79.9. The summed E-state index contributed by atoms with van der Waals surface area (Å²) >= 11 is 15.2. The topological polar surface area (TPSA) is 21.3 Å². The van der Waals surface area contributed by atoms with Crippen LogP contribution in [0, 0.1) is 0 Å². The zero-order valence-corrected chi connectivity index (χ0v) is 15.8. The van der Waals surface area contributed by atoms with Gasteiger partial charge >= 0.3 is 0 Å². The smallest absolute Gasteiger partial charge is 0.120 e. The average Bonchev–Trinajstić information content (AvgIpc) is 2.75. The summed E-state index contributed by atoms with van der Waals surface area (Å²) in [7, 11) is 1.64. The lowest BCUT2D eigenvalue weighted by Crippen LogP contribution is -2.22. The van der Waals surface area contributed by atoms with Gasteiger partial charge in [0.2, 0.25) is 0 Å². The lowest BCUT2D eigenvalue weighted by Gasteiger charge is -2.20. The van der Waals surface area contributed by atoms with Crippen LogP contribution in [0.3, 0.4) is 0 Å². The van der Waals surface area contributed by atoms with Gasteiger partial charge in [0.15, 0.2) is 0 Å². The molecule has 0 bridgehead atoms. The molecule has 6 heteroatoms. The summed E-state index contributed by atoms with van der Waals surface area (Å²) < 4.78 is 7.39. The number of thiophene rings is 1. The van der Waals surface area contributed by atoms with Crippen LogP contribution in [0.5, 0.6) is 5.75 Å². The zero-order valence-electron chi connectivity index (χ0n) is 11.0. The van der Waals surface area contributed by atoms with Crippen molar-refractivity contribution in [3.63, 3.8) is 0 Å². The van der Waals surface area contributed by atoms with Gasteiger partial charge in [0.25, 0.3) is 0 Å². The molecular weight excluding hydrogens is 425 g/mol. The fourth-order valence-corrected chi connectivity index (χ4v) is 5.19. The number of benzene rings is 1. The first-order valence-electron chi connectivity index (χ1n) is 6.08. The van der Waals surface area contributed by atoms with Crippen LogP contribution in [0.4, 0.5) is 0 Å². The van der Waals surface area contributed by atoms with Gasteiger partial charge in [-0.05, 0) is 67.7 Å². The van der Waals surface area contributed by atoms with Crippen molar-refractivity contribution in [2.45, 2.75) is 13.0 Å². The molecule has 108 valence electrons. The van der Waals surface area contributed by atoms with E-state index < -0.39 is 0 Å². The quantitative estimate of drug-likeness (QED) is 0.652.